The van der Waals surface area contributed by atoms with Crippen molar-refractivity contribution in [3.8, 4) is 0 Å². The molecule has 1 rings (SSSR count). The number of methoxy groups -OCH3 is 1. The molecule has 1 fully saturated rings. The Labute approximate surface area is 176 Å². The zero-order chi connectivity index (χ0) is 22.4. The van der Waals surface area contributed by atoms with Gasteiger partial charge in [-0.15, -0.1) is 0 Å². The maximum Gasteiger partial charge on any atom is 0.408 e. The highest BCUT2D eigenvalue weighted by Crippen LogP contribution is 2.30. The lowest BCUT2D eigenvalue weighted by Crippen LogP contribution is -2.53. The third-order valence-corrected chi connectivity index (χ3v) is 5.65. The van der Waals surface area contributed by atoms with Gasteiger partial charge in [0.15, 0.2) is 0 Å². The molecule has 0 unspecified atom stereocenters. The second kappa shape index (κ2) is 10.7. The van der Waals surface area contributed by atoms with Crippen molar-refractivity contribution in [3.63, 3.8) is 0 Å². The van der Waals surface area contributed by atoms with Crippen LogP contribution in [0.1, 0.15) is 41.5 Å². The van der Waals surface area contributed by atoms with Crippen molar-refractivity contribution in [2.24, 2.45) is 11.8 Å². The van der Waals surface area contributed by atoms with E-state index in [1.165, 1.54) is 25.8 Å². The number of cyclic esters (lactones) is 1. The summed E-state index contributed by atoms with van der Waals surface area (Å²) in [5, 5.41) is 5.04. The van der Waals surface area contributed by atoms with Crippen LogP contribution in [0.4, 0.5) is 4.79 Å². The molecule has 2 N–H and O–H groups in total. The molecular formula is C19H32N2O7S. The van der Waals surface area contributed by atoms with Crippen molar-refractivity contribution in [2.75, 3.05) is 18.6 Å². The fourth-order valence-corrected chi connectivity index (χ4v) is 3.93. The summed E-state index contributed by atoms with van der Waals surface area (Å²) in [6.07, 6.45) is -0.890. The summed E-state index contributed by atoms with van der Waals surface area (Å²) in [6, 6.07) is -1.82. The minimum atomic E-state index is -0.952. The van der Waals surface area contributed by atoms with Gasteiger partial charge in [-0.3, -0.25) is 9.59 Å². The third-order valence-electron chi connectivity index (χ3n) is 4.48. The SMILES string of the molecule is COC(=O)[C@H](C)NC(=O)[C@@H](CSC[C@@H]1C(=O)O[C@H](C)[C@H]1C)NC(=O)OC(C)(C)C. The monoisotopic (exact) mass is 432 g/mol. The molecule has 1 aliphatic rings. The molecule has 0 aliphatic carbocycles. The molecule has 1 heterocycles. The predicted molar refractivity (Wildman–Crippen MR) is 108 cm³/mol. The van der Waals surface area contributed by atoms with E-state index in [4.69, 9.17) is 9.47 Å². The summed E-state index contributed by atoms with van der Waals surface area (Å²) in [7, 11) is 1.22. The zero-order valence-electron chi connectivity index (χ0n) is 18.1. The number of hydrogen-bond acceptors (Lipinski definition) is 8. The second-order valence-electron chi connectivity index (χ2n) is 8.10. The summed E-state index contributed by atoms with van der Waals surface area (Å²) in [6.45, 7) is 10.4. The van der Waals surface area contributed by atoms with E-state index in [9.17, 15) is 19.2 Å². The number of thioether (sulfide) groups is 1. The van der Waals surface area contributed by atoms with Gasteiger partial charge in [-0.1, -0.05) is 6.92 Å². The molecule has 10 heteroatoms. The first-order valence-electron chi connectivity index (χ1n) is 9.51. The summed E-state index contributed by atoms with van der Waals surface area (Å²) in [4.78, 5) is 48.2. The van der Waals surface area contributed by atoms with Crippen molar-refractivity contribution in [3.05, 3.63) is 0 Å². The predicted octanol–water partition coefficient (Wildman–Crippen LogP) is 1.49. The lowest BCUT2D eigenvalue weighted by Gasteiger charge is -2.24. The molecule has 0 aromatic heterocycles. The van der Waals surface area contributed by atoms with E-state index in [0.29, 0.717) is 5.75 Å². The molecule has 0 saturated carbocycles. The molecule has 166 valence electrons. The molecule has 5 atom stereocenters. The number of hydrogen-bond donors (Lipinski definition) is 2. The van der Waals surface area contributed by atoms with E-state index in [1.54, 1.807) is 20.8 Å². The first kappa shape index (κ1) is 25.1. The van der Waals surface area contributed by atoms with Crippen LogP contribution in [-0.2, 0) is 28.6 Å². The highest BCUT2D eigenvalue weighted by atomic mass is 32.2. The van der Waals surface area contributed by atoms with Crippen molar-refractivity contribution in [1.29, 1.82) is 0 Å². The van der Waals surface area contributed by atoms with Gasteiger partial charge in [0.2, 0.25) is 5.91 Å². The Kier molecular flexibility index (Phi) is 9.25. The molecule has 9 nitrogen and oxygen atoms in total. The van der Waals surface area contributed by atoms with Gasteiger partial charge in [-0.25, -0.2) is 9.59 Å². The number of carbonyl (C=O) groups excluding carboxylic acids is 4. The fourth-order valence-electron chi connectivity index (χ4n) is 2.63. The minimum Gasteiger partial charge on any atom is -0.467 e. The van der Waals surface area contributed by atoms with Crippen LogP contribution in [-0.4, -0.2) is 66.3 Å². The van der Waals surface area contributed by atoms with Crippen molar-refractivity contribution in [1.82, 2.24) is 10.6 Å². The number of esters is 2. The van der Waals surface area contributed by atoms with Crippen molar-refractivity contribution >= 4 is 35.7 Å². The number of amides is 2. The van der Waals surface area contributed by atoms with Gasteiger partial charge < -0.3 is 24.8 Å². The van der Waals surface area contributed by atoms with Crippen LogP contribution in [0.25, 0.3) is 0 Å². The van der Waals surface area contributed by atoms with Crippen LogP contribution in [0.3, 0.4) is 0 Å². The number of carbonyl (C=O) groups is 4. The Hall–Kier alpha value is -1.97. The molecule has 29 heavy (non-hydrogen) atoms. The summed E-state index contributed by atoms with van der Waals surface area (Å²) >= 11 is 1.35. The molecule has 1 aliphatic heterocycles. The van der Waals surface area contributed by atoms with Crippen LogP contribution in [0.2, 0.25) is 0 Å². The van der Waals surface area contributed by atoms with E-state index < -0.39 is 35.7 Å². The maximum atomic E-state index is 12.6. The quantitative estimate of drug-likeness (QED) is 0.437. The van der Waals surface area contributed by atoms with Crippen LogP contribution < -0.4 is 10.6 Å². The Morgan fingerprint density at radius 3 is 2.31 bits per heavy atom. The normalized spacial score (nSPS) is 23.6. The fraction of sp³-hybridized carbons (Fsp3) is 0.789. The third kappa shape index (κ3) is 8.12. The van der Waals surface area contributed by atoms with Gasteiger partial charge in [-0.05, 0) is 34.6 Å². The lowest BCUT2D eigenvalue weighted by atomic mass is 9.95. The highest BCUT2D eigenvalue weighted by molar-refractivity contribution is 7.99. The van der Waals surface area contributed by atoms with Crippen molar-refractivity contribution < 1.29 is 33.4 Å². The summed E-state index contributed by atoms with van der Waals surface area (Å²) in [5.41, 5.74) is -0.725. The van der Waals surface area contributed by atoms with Crippen LogP contribution in [0.15, 0.2) is 0 Å². The molecule has 0 aromatic rings. The van der Waals surface area contributed by atoms with Crippen LogP contribution >= 0.6 is 11.8 Å². The van der Waals surface area contributed by atoms with Gasteiger partial charge in [0, 0.05) is 17.4 Å². The smallest absolute Gasteiger partial charge is 0.408 e. The highest BCUT2D eigenvalue weighted by Gasteiger charge is 2.39. The maximum absolute atomic E-state index is 12.6. The Bertz CT molecular complexity index is 620. The van der Waals surface area contributed by atoms with E-state index in [0.717, 1.165) is 0 Å². The van der Waals surface area contributed by atoms with Gasteiger partial charge in [0.05, 0.1) is 13.0 Å². The van der Waals surface area contributed by atoms with Gasteiger partial charge in [-0.2, -0.15) is 11.8 Å². The van der Waals surface area contributed by atoms with Crippen molar-refractivity contribution in [2.45, 2.75) is 65.3 Å². The number of ether oxygens (including phenoxy) is 3. The topological polar surface area (TPSA) is 120 Å². The molecule has 2 amide bonds. The molecule has 0 bridgehead atoms. The number of alkyl carbamates (subject to hydrolysis) is 1. The van der Waals surface area contributed by atoms with E-state index in [1.807, 2.05) is 13.8 Å². The molecule has 0 spiro atoms. The Morgan fingerprint density at radius 2 is 1.83 bits per heavy atom. The second-order valence-corrected chi connectivity index (χ2v) is 9.17. The lowest BCUT2D eigenvalue weighted by molar-refractivity contribution is -0.144. The van der Waals surface area contributed by atoms with E-state index in [2.05, 4.69) is 15.4 Å². The Morgan fingerprint density at radius 1 is 1.21 bits per heavy atom. The summed E-state index contributed by atoms with van der Waals surface area (Å²) in [5.74, 6) is -0.941. The average Bonchev–Trinajstić information content (AvgIpc) is 2.84. The zero-order valence-corrected chi connectivity index (χ0v) is 18.9. The molecule has 1 saturated heterocycles. The average molecular weight is 433 g/mol. The Balaban J connectivity index is 2.73. The summed E-state index contributed by atoms with van der Waals surface area (Å²) < 4.78 is 15.0. The van der Waals surface area contributed by atoms with Gasteiger partial charge in [0.1, 0.15) is 23.8 Å². The molecular weight excluding hydrogens is 400 g/mol. The van der Waals surface area contributed by atoms with Crippen LogP contribution in [0, 0.1) is 11.8 Å². The number of nitrogens with one attached hydrogen (secondary N) is 2. The largest absolute Gasteiger partial charge is 0.467 e. The first-order chi connectivity index (χ1) is 13.4. The van der Waals surface area contributed by atoms with Gasteiger partial charge >= 0.3 is 18.0 Å². The van der Waals surface area contributed by atoms with Crippen LogP contribution in [0.5, 0.6) is 0 Å². The standard InChI is InChI=1S/C19H32N2O7S/c1-10-12(3)27-17(24)13(10)8-29-9-14(21-18(25)28-19(4,5)6)15(22)20-11(2)16(23)26-7/h10-14H,8-9H2,1-7H3,(H,20,22)(H,21,25)/t10-,11+,12-,13+,14-/m1/s1. The minimum absolute atomic E-state index is 0.0699. The van der Waals surface area contributed by atoms with Gasteiger partial charge in [0.25, 0.3) is 0 Å². The molecule has 0 aromatic carbocycles. The first-order valence-corrected chi connectivity index (χ1v) is 10.7. The molecule has 0 radical (unpaired) electrons. The van der Waals surface area contributed by atoms with E-state index >= 15 is 0 Å². The van der Waals surface area contributed by atoms with E-state index in [-0.39, 0.29) is 29.7 Å². The number of rotatable bonds is 8.